The number of alkyl carbamates (subject to hydrolysis) is 1. The highest BCUT2D eigenvalue weighted by atomic mass is 16.7. The maximum atomic E-state index is 13.5. The van der Waals surface area contributed by atoms with Gasteiger partial charge >= 0.3 is 24.0 Å². The Hall–Kier alpha value is -4.82. The van der Waals surface area contributed by atoms with Gasteiger partial charge in [0.1, 0.15) is 25.4 Å². The van der Waals surface area contributed by atoms with Crippen LogP contribution in [0.4, 0.5) is 4.79 Å². The van der Waals surface area contributed by atoms with Crippen molar-refractivity contribution in [2.45, 2.75) is 58.0 Å². The van der Waals surface area contributed by atoms with Gasteiger partial charge in [-0.15, -0.1) is 0 Å². The van der Waals surface area contributed by atoms with Gasteiger partial charge in [0, 0.05) is 27.3 Å². The monoisotopic (exact) mass is 612 g/mol. The molecule has 0 aliphatic carbocycles. The van der Waals surface area contributed by atoms with Crippen LogP contribution in [0, 0.1) is 0 Å². The van der Waals surface area contributed by atoms with E-state index in [9.17, 15) is 28.8 Å². The lowest BCUT2D eigenvalue weighted by Gasteiger charge is -2.47. The van der Waals surface area contributed by atoms with Crippen LogP contribution in [0.2, 0.25) is 0 Å². The first-order valence-corrected chi connectivity index (χ1v) is 13.7. The third-order valence-electron chi connectivity index (χ3n) is 6.66. The summed E-state index contributed by atoms with van der Waals surface area (Å²) in [5, 5.41) is 2.52. The minimum Gasteiger partial charge on any atom is -0.463 e. The number of carbonyl (C=O) groups excluding carboxylic acids is 6. The Morgan fingerprint density at radius 1 is 0.795 bits per heavy atom. The molecule has 1 saturated heterocycles. The van der Waals surface area contributed by atoms with Crippen molar-refractivity contribution in [3.05, 3.63) is 71.3 Å². The fourth-order valence-corrected chi connectivity index (χ4v) is 4.88. The van der Waals surface area contributed by atoms with Crippen LogP contribution < -0.4 is 5.32 Å². The summed E-state index contributed by atoms with van der Waals surface area (Å²) < 4.78 is 33.2. The lowest BCUT2D eigenvalue weighted by Crippen LogP contribution is -2.67. The molecule has 4 rings (SSSR count). The molecule has 2 aliphatic rings. The minimum atomic E-state index is -1.48. The van der Waals surface area contributed by atoms with Gasteiger partial charge in [0.05, 0.1) is 17.7 Å². The van der Waals surface area contributed by atoms with Gasteiger partial charge in [0.15, 0.2) is 18.5 Å². The number of nitrogens with zero attached hydrogens (tertiary/aromatic N) is 1. The molecule has 0 spiro atoms. The van der Waals surface area contributed by atoms with Crippen molar-refractivity contribution in [3.63, 3.8) is 0 Å². The fraction of sp³-hybridized carbons (Fsp3) is 0.400. The molecule has 5 atom stereocenters. The Labute approximate surface area is 252 Å². The van der Waals surface area contributed by atoms with Crippen molar-refractivity contribution in [1.29, 1.82) is 0 Å². The second-order valence-electron chi connectivity index (χ2n) is 9.87. The molecule has 44 heavy (non-hydrogen) atoms. The fourth-order valence-electron chi connectivity index (χ4n) is 4.88. The van der Waals surface area contributed by atoms with Crippen LogP contribution in [0.25, 0.3) is 0 Å². The highest BCUT2D eigenvalue weighted by molar-refractivity contribution is 6.21. The highest BCUT2D eigenvalue weighted by Crippen LogP contribution is 2.35. The molecule has 0 saturated carbocycles. The van der Waals surface area contributed by atoms with Crippen LogP contribution in [0.15, 0.2) is 54.6 Å². The molecule has 1 fully saturated rings. The number of ether oxygens (including phenoxy) is 6. The predicted octanol–water partition coefficient (Wildman–Crippen LogP) is 1.75. The summed E-state index contributed by atoms with van der Waals surface area (Å²) in [5.74, 6) is -3.71. The summed E-state index contributed by atoms with van der Waals surface area (Å²) in [6, 6.07) is 13.7. The van der Waals surface area contributed by atoms with Gasteiger partial charge in [0.2, 0.25) is 0 Å². The summed E-state index contributed by atoms with van der Waals surface area (Å²) >= 11 is 0. The Bertz CT molecular complexity index is 1360. The summed E-state index contributed by atoms with van der Waals surface area (Å²) in [6.07, 6.45) is -6.32. The average molecular weight is 613 g/mol. The number of amides is 3. The third-order valence-corrected chi connectivity index (χ3v) is 6.66. The molecular weight excluding hydrogens is 580 g/mol. The van der Waals surface area contributed by atoms with Crippen molar-refractivity contribution in [2.75, 3.05) is 19.8 Å². The van der Waals surface area contributed by atoms with Gasteiger partial charge < -0.3 is 33.7 Å². The summed E-state index contributed by atoms with van der Waals surface area (Å²) in [5.41, 5.74) is 0.995. The second kappa shape index (κ2) is 14.6. The molecule has 14 heteroatoms. The zero-order valence-corrected chi connectivity index (χ0v) is 24.3. The van der Waals surface area contributed by atoms with Gasteiger partial charge in [-0.05, 0) is 17.7 Å². The van der Waals surface area contributed by atoms with E-state index in [1.807, 2.05) is 18.2 Å². The van der Waals surface area contributed by atoms with E-state index in [0.29, 0.717) is 0 Å². The maximum absolute atomic E-state index is 13.5. The number of nitrogens with one attached hydrogen (secondary N) is 1. The third kappa shape index (κ3) is 7.76. The van der Waals surface area contributed by atoms with E-state index in [-0.39, 0.29) is 30.9 Å². The number of fused-ring (bicyclic) bond motifs is 1. The van der Waals surface area contributed by atoms with E-state index in [0.717, 1.165) is 31.2 Å². The van der Waals surface area contributed by atoms with Crippen molar-refractivity contribution in [1.82, 2.24) is 10.2 Å². The lowest BCUT2D eigenvalue weighted by atomic mass is 9.94. The van der Waals surface area contributed by atoms with Crippen LogP contribution in [0.1, 0.15) is 47.1 Å². The molecule has 3 amide bonds. The Morgan fingerprint density at radius 2 is 1.39 bits per heavy atom. The highest BCUT2D eigenvalue weighted by Gasteiger charge is 2.57. The Balaban J connectivity index is 1.57. The van der Waals surface area contributed by atoms with E-state index in [2.05, 4.69) is 5.32 Å². The molecule has 14 nitrogen and oxygen atoms in total. The number of imide groups is 1. The van der Waals surface area contributed by atoms with Crippen molar-refractivity contribution >= 4 is 35.8 Å². The lowest BCUT2D eigenvalue weighted by molar-refractivity contribution is -0.285. The SMILES string of the molecule is CC(=O)OC[C@H]1O[C@@H](OCCNC(=O)OCc2ccccc2)[C@H](N2C(=O)c3ccccc3C2=O)[C@@H](OC(C)=O)[C@@H]1OC(C)=O. The molecule has 2 aliphatic heterocycles. The van der Waals surface area contributed by atoms with Crippen molar-refractivity contribution < 1.29 is 57.2 Å². The normalized spacial score (nSPS) is 22.5. The van der Waals surface area contributed by atoms with Crippen molar-refractivity contribution in [2.24, 2.45) is 0 Å². The second-order valence-corrected chi connectivity index (χ2v) is 9.87. The molecule has 0 bridgehead atoms. The van der Waals surface area contributed by atoms with Crippen LogP contribution in [-0.4, -0.2) is 91.1 Å². The van der Waals surface area contributed by atoms with Crippen molar-refractivity contribution in [3.8, 4) is 0 Å². The molecule has 2 aromatic carbocycles. The van der Waals surface area contributed by atoms with Crippen LogP contribution in [0.3, 0.4) is 0 Å². The largest absolute Gasteiger partial charge is 0.463 e. The molecule has 1 N–H and O–H groups in total. The van der Waals surface area contributed by atoms with Crippen LogP contribution in [-0.2, 0) is 49.4 Å². The van der Waals surface area contributed by atoms with Gasteiger partial charge in [-0.1, -0.05) is 42.5 Å². The number of carbonyl (C=O) groups is 6. The quantitative estimate of drug-likeness (QED) is 0.169. The number of esters is 3. The van der Waals surface area contributed by atoms with E-state index < -0.39 is 73.1 Å². The Morgan fingerprint density at radius 3 is 1.98 bits per heavy atom. The summed E-state index contributed by atoms with van der Waals surface area (Å²) in [7, 11) is 0. The van der Waals surface area contributed by atoms with E-state index in [4.69, 9.17) is 28.4 Å². The molecule has 234 valence electrons. The standard InChI is InChI=1S/C30H32N2O12/c1-17(33)40-16-23-25(42-18(2)34)26(43-19(3)35)24(32-27(36)21-11-7-8-12-22(21)28(32)37)29(44-23)39-14-13-31-30(38)41-15-20-9-5-4-6-10-20/h4-12,23-26,29H,13-16H2,1-3H3,(H,31,38)/t23-,24-,25-,26-,29-/m1/s1. The average Bonchev–Trinajstić information content (AvgIpc) is 3.23. The first kappa shape index (κ1) is 32.1. The summed E-state index contributed by atoms with van der Waals surface area (Å²) in [4.78, 5) is 76.1. The maximum Gasteiger partial charge on any atom is 0.407 e. The van der Waals surface area contributed by atoms with E-state index in [1.165, 1.54) is 12.1 Å². The van der Waals surface area contributed by atoms with Gasteiger partial charge in [0.25, 0.3) is 11.8 Å². The van der Waals surface area contributed by atoms with Crippen LogP contribution in [0.5, 0.6) is 0 Å². The first-order chi connectivity index (χ1) is 21.1. The minimum absolute atomic E-state index is 0.0422. The topological polar surface area (TPSA) is 173 Å². The van der Waals surface area contributed by atoms with Gasteiger partial charge in [-0.2, -0.15) is 0 Å². The van der Waals surface area contributed by atoms with Gasteiger partial charge in [-0.3, -0.25) is 28.9 Å². The Kier molecular flexibility index (Phi) is 10.6. The number of hydrogen-bond donors (Lipinski definition) is 1. The first-order valence-electron chi connectivity index (χ1n) is 13.7. The number of hydrogen-bond acceptors (Lipinski definition) is 12. The van der Waals surface area contributed by atoms with Crippen LogP contribution >= 0.6 is 0 Å². The zero-order valence-electron chi connectivity index (χ0n) is 24.3. The smallest absolute Gasteiger partial charge is 0.407 e. The molecule has 2 aromatic rings. The molecule has 0 aromatic heterocycles. The molecule has 0 radical (unpaired) electrons. The summed E-state index contributed by atoms with van der Waals surface area (Å²) in [6.45, 7) is 2.67. The molecule has 0 unspecified atom stereocenters. The molecule has 2 heterocycles. The number of rotatable bonds is 11. The zero-order chi connectivity index (χ0) is 31.8. The van der Waals surface area contributed by atoms with E-state index >= 15 is 0 Å². The molecular formula is C30H32N2O12. The number of benzene rings is 2. The predicted molar refractivity (Wildman–Crippen MR) is 148 cm³/mol. The van der Waals surface area contributed by atoms with E-state index in [1.54, 1.807) is 24.3 Å². The van der Waals surface area contributed by atoms with Gasteiger partial charge in [-0.25, -0.2) is 4.79 Å².